The van der Waals surface area contributed by atoms with Gasteiger partial charge in [0.05, 0.1) is 14.2 Å². The number of hydrogen-bond acceptors (Lipinski definition) is 3. The summed E-state index contributed by atoms with van der Waals surface area (Å²) in [5, 5.41) is 0. The molecule has 0 atom stereocenters. The molecule has 1 aromatic rings. The Kier molecular flexibility index (Phi) is 3.29. The van der Waals surface area contributed by atoms with E-state index in [9.17, 15) is 0 Å². The number of benzene rings is 1. The van der Waals surface area contributed by atoms with Gasteiger partial charge in [0.1, 0.15) is 0 Å². The second-order valence-corrected chi connectivity index (χ2v) is 4.97. The number of nitrogens with two attached hydrogens (primary N) is 1. The Morgan fingerprint density at radius 1 is 1.18 bits per heavy atom. The highest BCUT2D eigenvalue weighted by molar-refractivity contribution is 5.51. The van der Waals surface area contributed by atoms with Crippen LogP contribution in [0.3, 0.4) is 0 Å². The van der Waals surface area contributed by atoms with E-state index in [1.807, 2.05) is 6.92 Å². The van der Waals surface area contributed by atoms with Crippen molar-refractivity contribution in [2.45, 2.75) is 38.1 Å². The first-order chi connectivity index (χ1) is 8.09. The molecule has 3 heteroatoms. The Balaban J connectivity index is 2.20. The molecule has 0 spiro atoms. The van der Waals surface area contributed by atoms with Crippen LogP contribution in [0.2, 0.25) is 0 Å². The molecule has 1 aliphatic carbocycles. The minimum absolute atomic E-state index is 0.0864. The number of methoxy groups -OCH3 is 2. The summed E-state index contributed by atoms with van der Waals surface area (Å²) in [6, 6.07) is 4.19. The number of rotatable bonds is 5. The zero-order valence-electron chi connectivity index (χ0n) is 10.9. The zero-order chi connectivity index (χ0) is 12.5. The van der Waals surface area contributed by atoms with Crippen LogP contribution in [0.15, 0.2) is 12.1 Å². The van der Waals surface area contributed by atoms with Gasteiger partial charge in [0.2, 0.25) is 0 Å². The molecule has 17 heavy (non-hydrogen) atoms. The Labute approximate surface area is 103 Å². The van der Waals surface area contributed by atoms with E-state index in [1.54, 1.807) is 14.2 Å². The monoisotopic (exact) mass is 235 g/mol. The highest BCUT2D eigenvalue weighted by atomic mass is 16.5. The fraction of sp³-hybridized carbons (Fsp3) is 0.571. The van der Waals surface area contributed by atoms with Crippen molar-refractivity contribution in [1.82, 2.24) is 0 Å². The third kappa shape index (κ3) is 2.55. The van der Waals surface area contributed by atoms with Gasteiger partial charge in [-0.3, -0.25) is 0 Å². The second-order valence-electron chi connectivity index (χ2n) is 4.97. The molecule has 3 nitrogen and oxygen atoms in total. The molecule has 0 aliphatic heterocycles. The maximum absolute atomic E-state index is 6.11. The summed E-state index contributed by atoms with van der Waals surface area (Å²) in [5.41, 5.74) is 8.49. The Hall–Kier alpha value is -1.22. The minimum atomic E-state index is 0.0864. The van der Waals surface area contributed by atoms with Crippen molar-refractivity contribution in [2.24, 2.45) is 5.73 Å². The Morgan fingerprint density at radius 3 is 2.35 bits per heavy atom. The van der Waals surface area contributed by atoms with Crippen LogP contribution in [0, 0.1) is 6.92 Å². The topological polar surface area (TPSA) is 44.5 Å². The molecule has 0 aromatic heterocycles. The van der Waals surface area contributed by atoms with Crippen molar-refractivity contribution in [3.8, 4) is 11.5 Å². The van der Waals surface area contributed by atoms with E-state index in [-0.39, 0.29) is 5.54 Å². The van der Waals surface area contributed by atoms with Gasteiger partial charge >= 0.3 is 0 Å². The summed E-state index contributed by atoms with van der Waals surface area (Å²) in [5.74, 6) is 1.70. The normalized spacial score (nSPS) is 16.7. The SMILES string of the molecule is COc1c(C)ccc(CCC2(N)CC2)c1OC. The Morgan fingerprint density at radius 2 is 1.82 bits per heavy atom. The third-order valence-corrected chi connectivity index (χ3v) is 3.58. The first-order valence-electron chi connectivity index (χ1n) is 6.09. The molecule has 2 rings (SSSR count). The van der Waals surface area contributed by atoms with Crippen molar-refractivity contribution in [2.75, 3.05) is 14.2 Å². The average molecular weight is 235 g/mol. The molecule has 0 bridgehead atoms. The molecule has 94 valence electrons. The maximum atomic E-state index is 6.11. The maximum Gasteiger partial charge on any atom is 0.164 e. The van der Waals surface area contributed by atoms with Crippen LogP contribution in [0.1, 0.15) is 30.4 Å². The lowest BCUT2D eigenvalue weighted by molar-refractivity contribution is 0.349. The predicted molar refractivity (Wildman–Crippen MR) is 68.8 cm³/mol. The summed E-state index contributed by atoms with van der Waals surface area (Å²) in [4.78, 5) is 0. The molecule has 0 saturated heterocycles. The first kappa shape index (κ1) is 12.2. The van der Waals surface area contributed by atoms with Crippen molar-refractivity contribution in [1.29, 1.82) is 0 Å². The van der Waals surface area contributed by atoms with E-state index in [0.717, 1.165) is 42.7 Å². The van der Waals surface area contributed by atoms with Gasteiger partial charge < -0.3 is 15.2 Å². The standard InChI is InChI=1S/C14H21NO2/c1-10-4-5-11(6-7-14(15)8-9-14)13(17-3)12(10)16-2/h4-5H,6-9,15H2,1-3H3. The quantitative estimate of drug-likeness (QED) is 0.852. The largest absolute Gasteiger partial charge is 0.493 e. The fourth-order valence-electron chi connectivity index (χ4n) is 2.17. The number of aryl methyl sites for hydroxylation is 2. The first-order valence-corrected chi connectivity index (χ1v) is 6.09. The minimum Gasteiger partial charge on any atom is -0.493 e. The molecule has 1 saturated carbocycles. The van der Waals surface area contributed by atoms with Crippen LogP contribution in [0.5, 0.6) is 11.5 Å². The second kappa shape index (κ2) is 4.57. The smallest absolute Gasteiger partial charge is 0.164 e. The predicted octanol–water partition coefficient (Wildman–Crippen LogP) is 2.44. The van der Waals surface area contributed by atoms with Crippen molar-refractivity contribution in [3.63, 3.8) is 0 Å². The van der Waals surface area contributed by atoms with Crippen LogP contribution < -0.4 is 15.2 Å². The van der Waals surface area contributed by atoms with E-state index < -0.39 is 0 Å². The van der Waals surface area contributed by atoms with E-state index in [4.69, 9.17) is 15.2 Å². The summed E-state index contributed by atoms with van der Waals surface area (Å²) < 4.78 is 10.9. The molecule has 2 N–H and O–H groups in total. The fourth-order valence-corrected chi connectivity index (χ4v) is 2.17. The van der Waals surface area contributed by atoms with Gasteiger partial charge in [-0.05, 0) is 43.7 Å². The van der Waals surface area contributed by atoms with E-state index in [1.165, 1.54) is 5.56 Å². The molecule has 0 radical (unpaired) electrons. The van der Waals surface area contributed by atoms with E-state index in [2.05, 4.69) is 12.1 Å². The Bertz CT molecular complexity index is 411. The van der Waals surface area contributed by atoms with Crippen LogP contribution >= 0.6 is 0 Å². The van der Waals surface area contributed by atoms with Gasteiger partial charge in [-0.2, -0.15) is 0 Å². The van der Waals surface area contributed by atoms with Gasteiger partial charge in [-0.15, -0.1) is 0 Å². The van der Waals surface area contributed by atoms with Crippen molar-refractivity contribution >= 4 is 0 Å². The zero-order valence-corrected chi connectivity index (χ0v) is 10.9. The number of ether oxygens (including phenoxy) is 2. The summed E-state index contributed by atoms with van der Waals surface area (Å²) in [6.45, 7) is 2.02. The van der Waals surface area contributed by atoms with Crippen molar-refractivity contribution in [3.05, 3.63) is 23.3 Å². The van der Waals surface area contributed by atoms with Crippen molar-refractivity contribution < 1.29 is 9.47 Å². The molecule has 0 unspecified atom stereocenters. The average Bonchev–Trinajstić information content (AvgIpc) is 3.05. The van der Waals surface area contributed by atoms with E-state index >= 15 is 0 Å². The summed E-state index contributed by atoms with van der Waals surface area (Å²) in [6.07, 6.45) is 4.28. The lowest BCUT2D eigenvalue weighted by Crippen LogP contribution is -2.22. The van der Waals surface area contributed by atoms with Crippen LogP contribution in [-0.2, 0) is 6.42 Å². The molecular formula is C14H21NO2. The van der Waals surface area contributed by atoms with Crippen LogP contribution in [0.25, 0.3) is 0 Å². The lowest BCUT2D eigenvalue weighted by Gasteiger charge is -2.16. The molecule has 1 fully saturated rings. The molecule has 1 aromatic carbocycles. The van der Waals surface area contributed by atoms with E-state index in [0.29, 0.717) is 0 Å². The third-order valence-electron chi connectivity index (χ3n) is 3.58. The number of hydrogen-bond donors (Lipinski definition) is 1. The van der Waals surface area contributed by atoms with Crippen LogP contribution in [0.4, 0.5) is 0 Å². The van der Waals surface area contributed by atoms with Gasteiger partial charge in [-0.1, -0.05) is 12.1 Å². The molecular weight excluding hydrogens is 214 g/mol. The highest BCUT2D eigenvalue weighted by Crippen LogP contribution is 2.40. The van der Waals surface area contributed by atoms with Gasteiger partial charge in [0, 0.05) is 5.54 Å². The van der Waals surface area contributed by atoms with Gasteiger partial charge in [0.25, 0.3) is 0 Å². The molecule has 0 amide bonds. The van der Waals surface area contributed by atoms with Gasteiger partial charge in [-0.25, -0.2) is 0 Å². The molecule has 0 heterocycles. The molecule has 1 aliphatic rings. The lowest BCUT2D eigenvalue weighted by atomic mass is 10.0. The van der Waals surface area contributed by atoms with Gasteiger partial charge in [0.15, 0.2) is 11.5 Å². The summed E-state index contributed by atoms with van der Waals surface area (Å²) >= 11 is 0. The summed E-state index contributed by atoms with van der Waals surface area (Å²) in [7, 11) is 3.37. The van der Waals surface area contributed by atoms with Crippen LogP contribution in [-0.4, -0.2) is 19.8 Å². The highest BCUT2D eigenvalue weighted by Gasteiger charge is 2.37.